The molecule has 0 amide bonds. The Morgan fingerprint density at radius 1 is 0.559 bits per heavy atom. The van der Waals surface area contributed by atoms with Crippen molar-refractivity contribution < 1.29 is 0 Å². The van der Waals surface area contributed by atoms with Gasteiger partial charge in [-0.05, 0) is 23.3 Å². The first-order valence-corrected chi connectivity index (χ1v) is 10.4. The molecule has 0 atom stereocenters. The number of nitrogen functional groups attached to an aromatic ring is 2. The van der Waals surface area contributed by atoms with Gasteiger partial charge in [-0.25, -0.2) is 29.9 Å². The molecular formula is C22H18N12. The van der Waals surface area contributed by atoms with Crippen LogP contribution in [0.25, 0.3) is 33.7 Å². The first-order chi connectivity index (χ1) is 16.7. The minimum absolute atomic E-state index is 0.366. The van der Waals surface area contributed by atoms with Crippen molar-refractivity contribution in [1.82, 2.24) is 49.0 Å². The Bertz CT molecular complexity index is 1490. The number of fused-ring (bicyclic) bond motifs is 2. The molecule has 6 heterocycles. The van der Waals surface area contributed by atoms with Crippen LogP contribution in [0.2, 0.25) is 0 Å². The number of nitrogens with two attached hydrogens (primary N) is 2. The molecule has 0 fully saturated rings. The summed E-state index contributed by atoms with van der Waals surface area (Å²) in [5.41, 5.74) is 17.9. The molecule has 0 bridgehead atoms. The summed E-state index contributed by atoms with van der Waals surface area (Å²) in [4.78, 5) is 34.3. The van der Waals surface area contributed by atoms with Gasteiger partial charge in [0.05, 0.1) is 37.1 Å². The van der Waals surface area contributed by atoms with Crippen molar-refractivity contribution in [2.45, 2.75) is 13.1 Å². The zero-order valence-corrected chi connectivity index (χ0v) is 17.8. The van der Waals surface area contributed by atoms with Crippen LogP contribution in [0.1, 0.15) is 11.1 Å². The molecule has 0 saturated carbocycles. The van der Waals surface area contributed by atoms with Crippen molar-refractivity contribution in [3.05, 3.63) is 73.1 Å². The summed E-state index contributed by atoms with van der Waals surface area (Å²) in [6, 6.07) is 7.91. The predicted molar refractivity (Wildman–Crippen MR) is 125 cm³/mol. The van der Waals surface area contributed by atoms with E-state index in [2.05, 4.69) is 39.9 Å². The van der Waals surface area contributed by atoms with E-state index >= 15 is 0 Å². The molecule has 0 aliphatic carbocycles. The van der Waals surface area contributed by atoms with E-state index in [1.807, 2.05) is 45.8 Å². The second-order valence-corrected chi connectivity index (χ2v) is 7.71. The van der Waals surface area contributed by atoms with E-state index in [1.54, 1.807) is 12.7 Å². The molecule has 0 radical (unpaired) electrons. The predicted octanol–water partition coefficient (Wildman–Crippen LogP) is 1.68. The first-order valence-electron chi connectivity index (χ1n) is 10.4. The van der Waals surface area contributed by atoms with Gasteiger partial charge < -0.3 is 20.6 Å². The van der Waals surface area contributed by atoms with E-state index in [0.29, 0.717) is 47.1 Å². The Balaban J connectivity index is 1.19. The fourth-order valence-corrected chi connectivity index (χ4v) is 3.76. The summed E-state index contributed by atoms with van der Waals surface area (Å²) < 4.78 is 3.82. The average Bonchev–Trinajstić information content (AvgIpc) is 3.46. The van der Waals surface area contributed by atoms with Gasteiger partial charge in [-0.15, -0.1) is 0 Å². The van der Waals surface area contributed by atoms with E-state index in [0.717, 1.165) is 22.5 Å². The molecule has 0 saturated heterocycles. The second-order valence-electron chi connectivity index (χ2n) is 7.71. The quantitative estimate of drug-likeness (QED) is 0.394. The molecule has 166 valence electrons. The van der Waals surface area contributed by atoms with Crippen molar-refractivity contribution in [2.75, 3.05) is 11.5 Å². The minimum atomic E-state index is 0.366. The van der Waals surface area contributed by atoms with Crippen LogP contribution in [0.4, 0.5) is 11.6 Å². The highest BCUT2D eigenvalue weighted by Gasteiger charge is 2.10. The van der Waals surface area contributed by atoms with E-state index in [1.165, 1.54) is 12.7 Å². The zero-order chi connectivity index (χ0) is 23.1. The van der Waals surface area contributed by atoms with Crippen LogP contribution in [0.5, 0.6) is 0 Å². The maximum Gasteiger partial charge on any atom is 0.165 e. The number of rotatable bonds is 5. The molecule has 6 rings (SSSR count). The van der Waals surface area contributed by atoms with Crippen LogP contribution in [0.3, 0.4) is 0 Å². The van der Waals surface area contributed by atoms with Gasteiger partial charge in [0, 0.05) is 12.4 Å². The Morgan fingerprint density at radius 3 is 1.44 bits per heavy atom. The summed E-state index contributed by atoms with van der Waals surface area (Å²) in [5.74, 6) is 0.732. The third-order valence-electron chi connectivity index (χ3n) is 5.48. The monoisotopic (exact) mass is 450 g/mol. The molecule has 0 aliphatic rings. The second kappa shape index (κ2) is 7.85. The van der Waals surface area contributed by atoms with E-state index in [-0.39, 0.29) is 0 Å². The summed E-state index contributed by atoms with van der Waals surface area (Å²) >= 11 is 0. The highest BCUT2D eigenvalue weighted by molar-refractivity contribution is 5.81. The lowest BCUT2D eigenvalue weighted by molar-refractivity contribution is 0.807. The molecule has 34 heavy (non-hydrogen) atoms. The third kappa shape index (κ3) is 3.43. The topological polar surface area (TPSA) is 165 Å². The van der Waals surface area contributed by atoms with Crippen LogP contribution in [0.15, 0.2) is 62.0 Å². The third-order valence-corrected chi connectivity index (χ3v) is 5.48. The maximum atomic E-state index is 5.86. The zero-order valence-electron chi connectivity index (χ0n) is 17.8. The number of hydrogen-bond acceptors (Lipinski definition) is 10. The van der Waals surface area contributed by atoms with Crippen LogP contribution in [-0.2, 0) is 13.1 Å². The number of hydrogen-bond donors (Lipinski definition) is 2. The van der Waals surface area contributed by atoms with Gasteiger partial charge in [-0.3, -0.25) is 9.97 Å². The molecule has 0 unspecified atom stereocenters. The van der Waals surface area contributed by atoms with Crippen molar-refractivity contribution >= 4 is 34.0 Å². The molecular weight excluding hydrogens is 432 g/mol. The molecule has 0 aliphatic heterocycles. The molecule has 12 nitrogen and oxygen atoms in total. The number of nitrogens with zero attached hydrogens (tertiary/aromatic N) is 10. The fourth-order valence-electron chi connectivity index (χ4n) is 3.76. The Kier molecular flexibility index (Phi) is 4.54. The minimum Gasteiger partial charge on any atom is -0.382 e. The van der Waals surface area contributed by atoms with Crippen LogP contribution in [0, 0.1) is 0 Å². The molecule has 12 heteroatoms. The SMILES string of the molecule is Nc1ncnc2c1ncn2Cc1ccc(-c2ccc(Cn3cnc4c(N)ncnc43)cn2)nc1. The van der Waals surface area contributed by atoms with E-state index < -0.39 is 0 Å². The van der Waals surface area contributed by atoms with Crippen molar-refractivity contribution in [1.29, 1.82) is 0 Å². The van der Waals surface area contributed by atoms with Gasteiger partial charge >= 0.3 is 0 Å². The lowest BCUT2D eigenvalue weighted by Crippen LogP contribution is -2.02. The number of pyridine rings is 2. The van der Waals surface area contributed by atoms with Gasteiger partial charge in [-0.2, -0.15) is 0 Å². The maximum absolute atomic E-state index is 5.86. The average molecular weight is 450 g/mol. The normalized spacial score (nSPS) is 11.4. The van der Waals surface area contributed by atoms with Crippen molar-refractivity contribution in [3.63, 3.8) is 0 Å². The highest BCUT2D eigenvalue weighted by Crippen LogP contribution is 2.19. The molecule has 0 aromatic carbocycles. The highest BCUT2D eigenvalue weighted by atomic mass is 15.1. The summed E-state index contributed by atoms with van der Waals surface area (Å²) in [5, 5.41) is 0. The summed E-state index contributed by atoms with van der Waals surface area (Å²) in [6.07, 6.45) is 9.92. The van der Waals surface area contributed by atoms with Gasteiger partial charge in [-0.1, -0.05) is 12.1 Å². The molecule has 6 aromatic heterocycles. The van der Waals surface area contributed by atoms with Gasteiger partial charge in [0.2, 0.25) is 0 Å². The van der Waals surface area contributed by atoms with E-state index in [4.69, 9.17) is 11.5 Å². The molecule has 4 N–H and O–H groups in total. The van der Waals surface area contributed by atoms with Gasteiger partial charge in [0.1, 0.15) is 23.7 Å². The lowest BCUT2D eigenvalue weighted by Gasteiger charge is -2.07. The Hall–Kier alpha value is -5.00. The Morgan fingerprint density at radius 2 is 1.03 bits per heavy atom. The smallest absolute Gasteiger partial charge is 0.165 e. The summed E-state index contributed by atoms with van der Waals surface area (Å²) in [7, 11) is 0. The Labute approximate surface area is 192 Å². The summed E-state index contributed by atoms with van der Waals surface area (Å²) in [6.45, 7) is 1.14. The number of aromatic nitrogens is 10. The van der Waals surface area contributed by atoms with Gasteiger partial charge in [0.25, 0.3) is 0 Å². The van der Waals surface area contributed by atoms with Crippen molar-refractivity contribution in [3.8, 4) is 11.4 Å². The molecule has 0 spiro atoms. The first kappa shape index (κ1) is 19.7. The lowest BCUT2D eigenvalue weighted by atomic mass is 10.2. The van der Waals surface area contributed by atoms with Crippen LogP contribution >= 0.6 is 0 Å². The van der Waals surface area contributed by atoms with E-state index in [9.17, 15) is 0 Å². The molecule has 6 aromatic rings. The fraction of sp³-hybridized carbons (Fsp3) is 0.0909. The van der Waals surface area contributed by atoms with Crippen LogP contribution in [-0.4, -0.2) is 49.0 Å². The van der Waals surface area contributed by atoms with Crippen molar-refractivity contribution in [2.24, 2.45) is 0 Å². The van der Waals surface area contributed by atoms with Gasteiger partial charge in [0.15, 0.2) is 22.9 Å². The van der Waals surface area contributed by atoms with Crippen LogP contribution < -0.4 is 11.5 Å². The standard InChI is InChI=1S/C22H18N12/c23-19-17-21(29-9-27-19)33(11-31-17)7-13-1-3-15(25-5-13)16-4-2-14(6-26-16)8-34-12-32-18-20(24)28-10-30-22(18)34/h1-6,9-12H,7-8H2,(H2,23,27,29)(H2,24,28,30). The number of anilines is 2. The largest absolute Gasteiger partial charge is 0.382 e. The number of imidazole rings is 2.